The largest absolute Gasteiger partial charge is 0.465 e. The molecule has 4 aromatic rings. The number of fused-ring (bicyclic) bond motifs is 1. The Morgan fingerprint density at radius 2 is 1.78 bits per heavy atom. The summed E-state index contributed by atoms with van der Waals surface area (Å²) in [5.41, 5.74) is 7.14. The van der Waals surface area contributed by atoms with E-state index < -0.39 is 37.8 Å². The van der Waals surface area contributed by atoms with E-state index in [1.165, 1.54) is 12.1 Å². The molecule has 1 atom stereocenters. The van der Waals surface area contributed by atoms with Crippen molar-refractivity contribution in [3.8, 4) is 11.5 Å². The molecule has 0 saturated carbocycles. The molecule has 0 aliphatic carbocycles. The van der Waals surface area contributed by atoms with Gasteiger partial charge in [-0.3, -0.25) is 20.4 Å². The Labute approximate surface area is 261 Å². The highest BCUT2D eigenvalue weighted by Gasteiger charge is 2.23. The summed E-state index contributed by atoms with van der Waals surface area (Å²) in [7, 11) is -1.22. The smallest absolute Gasteiger partial charge is 0.405 e. The van der Waals surface area contributed by atoms with E-state index in [4.69, 9.17) is 9.47 Å². The highest BCUT2D eigenvalue weighted by Crippen LogP contribution is 2.33. The van der Waals surface area contributed by atoms with Gasteiger partial charge in [0.2, 0.25) is 5.91 Å². The summed E-state index contributed by atoms with van der Waals surface area (Å²) < 4.78 is 29.0. The molecule has 2 heterocycles. The third-order valence-corrected chi connectivity index (χ3v) is 8.64. The Bertz CT molecular complexity index is 1660. The minimum Gasteiger partial charge on any atom is -0.465 e. The number of nitrogens with one attached hydrogen (secondary N) is 3. The van der Waals surface area contributed by atoms with Gasteiger partial charge >= 0.3 is 6.09 Å². The predicted octanol–water partition coefficient (Wildman–Crippen LogP) is 5.16. The fraction of sp³-hybridized carbons (Fsp3) is 0.312. The Morgan fingerprint density at radius 1 is 1.02 bits per heavy atom. The van der Waals surface area contributed by atoms with Crippen LogP contribution in [0.25, 0.3) is 11.0 Å². The van der Waals surface area contributed by atoms with E-state index >= 15 is 4.39 Å². The fourth-order valence-corrected chi connectivity index (χ4v) is 5.37. The van der Waals surface area contributed by atoms with Crippen LogP contribution in [0.5, 0.6) is 11.5 Å². The van der Waals surface area contributed by atoms with Crippen molar-refractivity contribution < 1.29 is 33.4 Å². The number of pyridine rings is 1. The average molecular weight is 636 g/mol. The maximum absolute atomic E-state index is 15.3. The quantitative estimate of drug-likeness (QED) is 0.0903. The van der Waals surface area contributed by atoms with E-state index in [1.54, 1.807) is 42.6 Å². The molecule has 11 nitrogen and oxygen atoms in total. The van der Waals surface area contributed by atoms with Crippen molar-refractivity contribution in [3.05, 3.63) is 89.5 Å². The van der Waals surface area contributed by atoms with E-state index in [-0.39, 0.29) is 18.6 Å². The number of rotatable bonds is 13. The van der Waals surface area contributed by atoms with Crippen LogP contribution < -0.4 is 20.9 Å². The zero-order chi connectivity index (χ0) is 32.6. The van der Waals surface area contributed by atoms with Crippen molar-refractivity contribution in [2.24, 2.45) is 0 Å². The van der Waals surface area contributed by atoms with Gasteiger partial charge in [-0.05, 0) is 47.9 Å². The highest BCUT2D eigenvalue weighted by molar-refractivity contribution is 6.76. The summed E-state index contributed by atoms with van der Waals surface area (Å²) in [4.78, 5) is 40.8. The topological polar surface area (TPSA) is 144 Å². The summed E-state index contributed by atoms with van der Waals surface area (Å²) in [6.07, 6.45) is 1.90. The summed E-state index contributed by atoms with van der Waals surface area (Å²) >= 11 is 0. The number of carbonyl (C=O) groups is 3. The molecule has 0 bridgehead atoms. The third-order valence-electron chi connectivity index (χ3n) is 6.94. The number of aromatic nitrogens is 2. The van der Waals surface area contributed by atoms with Crippen molar-refractivity contribution in [3.63, 3.8) is 0 Å². The van der Waals surface area contributed by atoms with Crippen LogP contribution in [0.15, 0.2) is 67.0 Å². The Balaban J connectivity index is 1.41. The van der Waals surface area contributed by atoms with Gasteiger partial charge in [0.05, 0.1) is 11.8 Å². The number of aryl methyl sites for hydroxylation is 1. The van der Waals surface area contributed by atoms with E-state index in [2.05, 4.69) is 40.8 Å². The summed E-state index contributed by atoms with van der Waals surface area (Å²) in [6.45, 7) is 9.79. The van der Waals surface area contributed by atoms with E-state index in [1.807, 2.05) is 23.8 Å². The van der Waals surface area contributed by atoms with Gasteiger partial charge in [0.1, 0.15) is 24.2 Å². The lowest BCUT2D eigenvalue weighted by atomic mass is 10.0. The molecule has 4 N–H and O–H groups in total. The standard InChI is InChI=1S/C32H38FN5O6Si/c1-21-19-38(20-43-14-15-45(2,3)4)30-29(21)27(12-13-34-30)44-26-11-10-23(16-24(26)33)17-25(35-32(41)42)31(40)37-36-28(39)18-22-8-6-5-7-9-22/h5-13,16,19,25,35H,14-15,17-18,20H2,1-4H3,(H,36,39)(H,37,40)(H,41,42)/t25-/m0/s1. The normalized spacial score (nSPS) is 12.0. The van der Waals surface area contributed by atoms with Crippen molar-refractivity contribution in [2.75, 3.05) is 6.61 Å². The number of halogens is 1. The van der Waals surface area contributed by atoms with Gasteiger partial charge in [0.25, 0.3) is 5.91 Å². The van der Waals surface area contributed by atoms with Gasteiger partial charge in [0.15, 0.2) is 11.6 Å². The number of nitrogens with zero attached hydrogens (tertiary/aromatic N) is 2. The number of carbonyl (C=O) groups excluding carboxylic acids is 2. The molecular weight excluding hydrogens is 597 g/mol. The molecule has 4 rings (SSSR count). The molecular formula is C32H38FN5O6Si. The van der Waals surface area contributed by atoms with Crippen LogP contribution in [0.4, 0.5) is 9.18 Å². The van der Waals surface area contributed by atoms with Crippen LogP contribution in [0.3, 0.4) is 0 Å². The maximum Gasteiger partial charge on any atom is 0.405 e. The first kappa shape index (κ1) is 33.1. The van der Waals surface area contributed by atoms with Crippen LogP contribution in [0.2, 0.25) is 25.7 Å². The Kier molecular flexibility index (Phi) is 10.9. The Hall–Kier alpha value is -4.75. The van der Waals surface area contributed by atoms with E-state index in [0.29, 0.717) is 30.3 Å². The van der Waals surface area contributed by atoms with Crippen LogP contribution in [-0.4, -0.2) is 53.3 Å². The van der Waals surface area contributed by atoms with Gasteiger partial charge in [-0.1, -0.05) is 56.0 Å². The van der Waals surface area contributed by atoms with Gasteiger partial charge in [0, 0.05) is 33.5 Å². The first-order valence-corrected chi connectivity index (χ1v) is 18.2. The highest BCUT2D eigenvalue weighted by atomic mass is 28.3. The van der Waals surface area contributed by atoms with Crippen LogP contribution in [-0.2, 0) is 33.9 Å². The molecule has 0 aliphatic heterocycles. The minimum atomic E-state index is -1.45. The average Bonchev–Trinajstić information content (AvgIpc) is 3.30. The summed E-state index contributed by atoms with van der Waals surface area (Å²) in [5.74, 6) is -1.62. The lowest BCUT2D eigenvalue weighted by molar-refractivity contribution is -0.129. The van der Waals surface area contributed by atoms with Gasteiger partial charge < -0.3 is 24.5 Å². The molecule has 45 heavy (non-hydrogen) atoms. The molecule has 0 unspecified atom stereocenters. The number of hydrogen-bond acceptors (Lipinski definition) is 6. The molecule has 3 amide bonds. The molecule has 0 aliphatic rings. The molecule has 0 saturated heterocycles. The maximum atomic E-state index is 15.3. The second-order valence-corrected chi connectivity index (χ2v) is 17.5. The Morgan fingerprint density at radius 3 is 2.47 bits per heavy atom. The first-order chi connectivity index (χ1) is 21.4. The predicted molar refractivity (Wildman–Crippen MR) is 170 cm³/mol. The van der Waals surface area contributed by atoms with Crippen LogP contribution >= 0.6 is 0 Å². The molecule has 13 heteroatoms. The van der Waals surface area contributed by atoms with Crippen LogP contribution in [0.1, 0.15) is 16.7 Å². The lowest BCUT2D eigenvalue weighted by Crippen LogP contribution is -2.53. The number of carboxylic acid groups (broad SMARTS) is 1. The van der Waals surface area contributed by atoms with Crippen molar-refractivity contribution in [1.29, 1.82) is 0 Å². The molecule has 238 valence electrons. The third kappa shape index (κ3) is 9.62. The SMILES string of the molecule is Cc1cn(COCC[Si](C)(C)C)c2nccc(Oc3ccc(C[C@H](NC(=O)O)C(=O)NNC(=O)Cc4ccccc4)cc3F)c12. The number of ether oxygens (including phenoxy) is 2. The monoisotopic (exact) mass is 635 g/mol. The van der Waals surface area contributed by atoms with Gasteiger partial charge in [-0.25, -0.2) is 14.2 Å². The van der Waals surface area contributed by atoms with Crippen molar-refractivity contribution in [2.45, 2.75) is 58.2 Å². The molecule has 2 aromatic carbocycles. The number of benzene rings is 2. The second-order valence-electron chi connectivity index (χ2n) is 11.9. The molecule has 2 aromatic heterocycles. The second kappa shape index (κ2) is 14.8. The number of amides is 3. The van der Waals surface area contributed by atoms with Crippen molar-refractivity contribution in [1.82, 2.24) is 25.7 Å². The number of hydrogen-bond donors (Lipinski definition) is 4. The summed E-state index contributed by atoms with van der Waals surface area (Å²) in [6, 6.07) is 14.4. The molecule has 0 fully saturated rings. The van der Waals surface area contributed by atoms with E-state index in [0.717, 1.165) is 22.6 Å². The lowest BCUT2D eigenvalue weighted by Gasteiger charge is -2.18. The number of hydrazine groups is 1. The molecule has 0 radical (unpaired) electrons. The van der Waals surface area contributed by atoms with Gasteiger partial charge in [-0.15, -0.1) is 0 Å². The zero-order valence-corrected chi connectivity index (χ0v) is 26.7. The fourth-order valence-electron chi connectivity index (χ4n) is 4.62. The molecule has 0 spiro atoms. The first-order valence-electron chi connectivity index (χ1n) is 14.5. The van der Waals surface area contributed by atoms with E-state index in [9.17, 15) is 19.5 Å². The van der Waals surface area contributed by atoms with Crippen LogP contribution in [0, 0.1) is 12.7 Å². The van der Waals surface area contributed by atoms with Gasteiger partial charge in [-0.2, -0.15) is 0 Å². The minimum absolute atomic E-state index is 0.0192. The van der Waals surface area contributed by atoms with Crippen molar-refractivity contribution >= 4 is 37.0 Å². The zero-order valence-electron chi connectivity index (χ0n) is 25.7. The summed E-state index contributed by atoms with van der Waals surface area (Å²) in [5, 5.41) is 12.1.